The molecule has 0 N–H and O–H groups in total. The Hall–Kier alpha value is -4.88. The third-order valence-electron chi connectivity index (χ3n) is 9.65. The van der Waals surface area contributed by atoms with Gasteiger partial charge >= 0.3 is 0 Å². The van der Waals surface area contributed by atoms with E-state index in [2.05, 4.69) is 154 Å². The maximum absolute atomic E-state index is 6.38. The molecule has 1 heteroatoms. The fourth-order valence-electron chi connectivity index (χ4n) is 7.43. The summed E-state index contributed by atoms with van der Waals surface area (Å²) in [5.74, 6) is 1.89. The summed E-state index contributed by atoms with van der Waals surface area (Å²) in [5.41, 5.74) is 13.7. The lowest BCUT2D eigenvalue weighted by atomic mass is 9.74. The fraction of sp³-hybridized carbons (Fsp3) is 0.122. The van der Waals surface area contributed by atoms with Crippen LogP contribution in [0.15, 0.2) is 140 Å². The first-order valence-electron chi connectivity index (χ1n) is 14.8. The summed E-state index contributed by atoms with van der Waals surface area (Å²) in [6.45, 7) is 6.98. The lowest BCUT2D eigenvalue weighted by Crippen LogP contribution is -2.24. The minimum atomic E-state index is -0.223. The molecule has 1 unspecified atom stereocenters. The van der Waals surface area contributed by atoms with Gasteiger partial charge < -0.3 is 4.74 Å². The van der Waals surface area contributed by atoms with Gasteiger partial charge in [0.25, 0.3) is 0 Å². The van der Waals surface area contributed by atoms with Gasteiger partial charge in [0.1, 0.15) is 11.5 Å². The number of benzene rings is 6. The van der Waals surface area contributed by atoms with Gasteiger partial charge in [-0.15, -0.1) is 0 Å². The van der Waals surface area contributed by atoms with Crippen LogP contribution in [0.2, 0.25) is 0 Å². The molecule has 0 fully saturated rings. The van der Waals surface area contributed by atoms with Crippen LogP contribution in [0.5, 0.6) is 11.5 Å². The highest BCUT2D eigenvalue weighted by molar-refractivity contribution is 5.97. The van der Waals surface area contributed by atoms with E-state index in [4.69, 9.17) is 4.74 Å². The molecule has 1 aliphatic carbocycles. The Morgan fingerprint density at radius 1 is 0.429 bits per heavy atom. The van der Waals surface area contributed by atoms with Crippen molar-refractivity contribution in [2.24, 2.45) is 0 Å². The fourth-order valence-corrected chi connectivity index (χ4v) is 7.43. The van der Waals surface area contributed by atoms with Gasteiger partial charge in [-0.1, -0.05) is 135 Å². The van der Waals surface area contributed by atoms with Crippen molar-refractivity contribution >= 4 is 0 Å². The second-order valence-corrected chi connectivity index (χ2v) is 12.2. The standard InChI is InChI=1S/C41H32O/c1-40(2)34-21-11-12-23-37(34)42-38-25-24-27(26-36(38)40)29-16-7-8-17-30(29)31-19-13-22-35-39(31)32-18-9-10-20-33(32)41(35,3)28-14-5-4-6-15-28/h4-26H,1-3H3. The van der Waals surface area contributed by atoms with Crippen molar-refractivity contribution in [2.45, 2.75) is 31.6 Å². The molecule has 1 heterocycles. The van der Waals surface area contributed by atoms with Crippen LogP contribution in [0.3, 0.4) is 0 Å². The summed E-state index contributed by atoms with van der Waals surface area (Å²) in [7, 11) is 0. The molecule has 0 saturated carbocycles. The molecular formula is C41H32O. The third-order valence-corrected chi connectivity index (χ3v) is 9.65. The van der Waals surface area contributed by atoms with Gasteiger partial charge in [-0.3, -0.25) is 0 Å². The van der Waals surface area contributed by atoms with Crippen molar-refractivity contribution in [3.05, 3.63) is 167 Å². The smallest absolute Gasteiger partial charge is 0.131 e. The van der Waals surface area contributed by atoms with Crippen LogP contribution >= 0.6 is 0 Å². The van der Waals surface area contributed by atoms with E-state index in [0.717, 1.165) is 11.5 Å². The molecule has 0 amide bonds. The average molecular weight is 541 g/mol. The van der Waals surface area contributed by atoms with Crippen molar-refractivity contribution in [2.75, 3.05) is 0 Å². The van der Waals surface area contributed by atoms with E-state index in [0.29, 0.717) is 0 Å². The van der Waals surface area contributed by atoms with E-state index in [1.54, 1.807) is 0 Å². The highest BCUT2D eigenvalue weighted by Gasteiger charge is 2.42. The second-order valence-electron chi connectivity index (χ2n) is 12.2. The van der Waals surface area contributed by atoms with Crippen LogP contribution in [0, 0.1) is 0 Å². The predicted octanol–water partition coefficient (Wildman–Crippen LogP) is 10.8. The van der Waals surface area contributed by atoms with E-state index >= 15 is 0 Å². The van der Waals surface area contributed by atoms with E-state index < -0.39 is 0 Å². The van der Waals surface area contributed by atoms with Gasteiger partial charge in [-0.25, -0.2) is 0 Å². The van der Waals surface area contributed by atoms with E-state index in [-0.39, 0.29) is 10.8 Å². The SMILES string of the molecule is CC1(C)c2ccccc2Oc2ccc(-c3ccccc3-c3cccc4c3-c3ccccc3C4(C)c3ccccc3)cc21. The number of ether oxygens (including phenoxy) is 1. The second kappa shape index (κ2) is 9.06. The highest BCUT2D eigenvalue weighted by atomic mass is 16.5. The predicted molar refractivity (Wildman–Crippen MR) is 173 cm³/mol. The van der Waals surface area contributed by atoms with Crippen LogP contribution < -0.4 is 4.74 Å². The summed E-state index contributed by atoms with van der Waals surface area (Å²) in [6, 6.07) is 50.7. The summed E-state index contributed by atoms with van der Waals surface area (Å²) >= 11 is 0. The molecule has 2 aliphatic rings. The Morgan fingerprint density at radius 3 is 1.83 bits per heavy atom. The Bertz CT molecular complexity index is 2000. The lowest BCUT2D eigenvalue weighted by Gasteiger charge is -2.34. The largest absolute Gasteiger partial charge is 0.457 e. The molecule has 0 aromatic heterocycles. The monoisotopic (exact) mass is 540 g/mol. The van der Waals surface area contributed by atoms with Crippen LogP contribution in [0.4, 0.5) is 0 Å². The summed E-state index contributed by atoms with van der Waals surface area (Å²) in [4.78, 5) is 0. The zero-order valence-electron chi connectivity index (χ0n) is 24.2. The van der Waals surface area contributed by atoms with Crippen molar-refractivity contribution in [1.29, 1.82) is 0 Å². The number of hydrogen-bond acceptors (Lipinski definition) is 1. The highest BCUT2D eigenvalue weighted by Crippen LogP contribution is 2.56. The number of rotatable bonds is 3. The minimum absolute atomic E-state index is 0.167. The minimum Gasteiger partial charge on any atom is -0.457 e. The first-order valence-corrected chi connectivity index (χ1v) is 14.8. The number of para-hydroxylation sites is 1. The Morgan fingerprint density at radius 2 is 1.02 bits per heavy atom. The molecule has 1 atom stereocenters. The van der Waals surface area contributed by atoms with Crippen molar-refractivity contribution in [1.82, 2.24) is 0 Å². The maximum atomic E-state index is 6.38. The third kappa shape index (κ3) is 3.43. The molecule has 0 spiro atoms. The van der Waals surface area contributed by atoms with E-state index in [9.17, 15) is 0 Å². The topological polar surface area (TPSA) is 9.23 Å². The zero-order valence-corrected chi connectivity index (χ0v) is 24.2. The molecule has 202 valence electrons. The van der Waals surface area contributed by atoms with E-state index in [1.165, 1.54) is 61.2 Å². The molecule has 0 saturated heterocycles. The van der Waals surface area contributed by atoms with Crippen LogP contribution in [-0.4, -0.2) is 0 Å². The van der Waals surface area contributed by atoms with Crippen LogP contribution in [-0.2, 0) is 10.8 Å². The molecule has 0 radical (unpaired) electrons. The van der Waals surface area contributed by atoms with Gasteiger partial charge in [0.05, 0.1) is 0 Å². The molecular weight excluding hydrogens is 508 g/mol. The number of fused-ring (bicyclic) bond motifs is 5. The van der Waals surface area contributed by atoms with E-state index in [1.807, 2.05) is 6.07 Å². The van der Waals surface area contributed by atoms with Crippen molar-refractivity contribution in [3.63, 3.8) is 0 Å². The molecule has 42 heavy (non-hydrogen) atoms. The van der Waals surface area contributed by atoms with Gasteiger partial charge in [0.15, 0.2) is 0 Å². The molecule has 6 aromatic rings. The zero-order chi connectivity index (χ0) is 28.5. The van der Waals surface area contributed by atoms with Gasteiger partial charge in [-0.05, 0) is 75.2 Å². The average Bonchev–Trinajstić information content (AvgIpc) is 3.31. The lowest BCUT2D eigenvalue weighted by molar-refractivity contribution is 0.418. The molecule has 0 bridgehead atoms. The van der Waals surface area contributed by atoms with Crippen LogP contribution in [0.25, 0.3) is 33.4 Å². The Kier molecular flexibility index (Phi) is 5.37. The molecule has 8 rings (SSSR count). The maximum Gasteiger partial charge on any atom is 0.131 e. The summed E-state index contributed by atoms with van der Waals surface area (Å²) < 4.78 is 6.38. The van der Waals surface area contributed by atoms with Gasteiger partial charge in [-0.2, -0.15) is 0 Å². The molecule has 6 aromatic carbocycles. The number of hydrogen-bond donors (Lipinski definition) is 0. The van der Waals surface area contributed by atoms with Crippen LogP contribution in [0.1, 0.15) is 48.6 Å². The van der Waals surface area contributed by atoms with Crippen molar-refractivity contribution < 1.29 is 4.74 Å². The normalized spacial score (nSPS) is 17.4. The van der Waals surface area contributed by atoms with Gasteiger partial charge in [0.2, 0.25) is 0 Å². The Labute approximate surface area is 248 Å². The van der Waals surface area contributed by atoms with Gasteiger partial charge in [0, 0.05) is 22.0 Å². The molecule has 1 nitrogen and oxygen atoms in total. The first kappa shape index (κ1) is 24.9. The quantitative estimate of drug-likeness (QED) is 0.217. The first-order chi connectivity index (χ1) is 20.5. The summed E-state index contributed by atoms with van der Waals surface area (Å²) in [6.07, 6.45) is 0. The van der Waals surface area contributed by atoms with Crippen molar-refractivity contribution in [3.8, 4) is 44.9 Å². The molecule has 1 aliphatic heterocycles. The Balaban J connectivity index is 1.33. The summed E-state index contributed by atoms with van der Waals surface area (Å²) in [5, 5.41) is 0.